The molecular weight excluding hydrogens is 204 g/mol. The average Bonchev–Trinajstić information content (AvgIpc) is 2.04. The van der Waals surface area contributed by atoms with Gasteiger partial charge in [-0.2, -0.15) is 11.8 Å². The molecule has 0 heterocycles. The normalized spacial score (nSPS) is 15.4. The molecule has 0 rings (SSSR count). The average molecular weight is 222 g/mol. The first kappa shape index (κ1) is 13.3. The van der Waals surface area contributed by atoms with Crippen LogP contribution in [0.25, 0.3) is 0 Å². The van der Waals surface area contributed by atoms with Crippen molar-refractivity contribution in [1.82, 2.24) is 0 Å². The Labute approximate surface area is 88.0 Å². The predicted octanol–water partition coefficient (Wildman–Crippen LogP) is 1.86. The number of ketones is 1. The van der Waals surface area contributed by atoms with Gasteiger partial charge in [0.05, 0.1) is 6.26 Å². The molecule has 4 heteroatoms. The van der Waals surface area contributed by atoms with E-state index in [0.29, 0.717) is 11.7 Å². The first-order chi connectivity index (χ1) is 6.06. The van der Waals surface area contributed by atoms with E-state index in [2.05, 4.69) is 0 Å². The molecular formula is C9H18O2S2. The molecule has 0 aromatic rings. The fraction of sp³-hybridized carbons (Fsp3) is 0.889. The van der Waals surface area contributed by atoms with Gasteiger partial charge in [-0.15, -0.1) is 0 Å². The van der Waals surface area contributed by atoms with Crippen LogP contribution in [0.4, 0.5) is 0 Å². The number of hydrogen-bond acceptors (Lipinski definition) is 3. The van der Waals surface area contributed by atoms with Crippen LogP contribution >= 0.6 is 11.8 Å². The third-order valence-corrected chi connectivity index (χ3v) is 3.83. The summed E-state index contributed by atoms with van der Waals surface area (Å²) in [5.74, 6) is 1.00. The molecule has 0 aliphatic heterocycles. The SMILES string of the molecule is CSC(CCC(C)=O)CC[S+](C)[O-]. The quantitative estimate of drug-likeness (QED) is 0.617. The summed E-state index contributed by atoms with van der Waals surface area (Å²) in [5.41, 5.74) is 0. The lowest BCUT2D eigenvalue weighted by atomic mass is 10.1. The molecule has 0 aromatic heterocycles. The van der Waals surface area contributed by atoms with E-state index in [9.17, 15) is 9.35 Å². The predicted molar refractivity (Wildman–Crippen MR) is 60.8 cm³/mol. The second kappa shape index (κ2) is 7.71. The zero-order valence-corrected chi connectivity index (χ0v) is 10.2. The largest absolute Gasteiger partial charge is 0.617 e. The molecule has 0 N–H and O–H groups in total. The summed E-state index contributed by atoms with van der Waals surface area (Å²) in [6.45, 7) is 1.62. The molecule has 13 heavy (non-hydrogen) atoms. The Bertz CT molecular complexity index is 149. The Balaban J connectivity index is 3.57. The van der Waals surface area contributed by atoms with E-state index in [-0.39, 0.29) is 5.78 Å². The molecule has 2 unspecified atom stereocenters. The van der Waals surface area contributed by atoms with E-state index < -0.39 is 11.2 Å². The van der Waals surface area contributed by atoms with Crippen molar-refractivity contribution in [1.29, 1.82) is 0 Å². The Kier molecular flexibility index (Phi) is 7.90. The van der Waals surface area contributed by atoms with Crippen molar-refractivity contribution in [2.24, 2.45) is 0 Å². The maximum absolute atomic E-state index is 10.8. The van der Waals surface area contributed by atoms with E-state index in [1.54, 1.807) is 24.9 Å². The van der Waals surface area contributed by atoms with Crippen LogP contribution in [0.2, 0.25) is 0 Å². The van der Waals surface area contributed by atoms with E-state index in [1.807, 2.05) is 6.26 Å². The molecule has 0 amide bonds. The van der Waals surface area contributed by atoms with Crippen LogP contribution in [0.3, 0.4) is 0 Å². The van der Waals surface area contributed by atoms with Gasteiger partial charge in [0.1, 0.15) is 11.5 Å². The lowest BCUT2D eigenvalue weighted by Crippen LogP contribution is -2.12. The molecule has 0 spiro atoms. The minimum absolute atomic E-state index is 0.247. The summed E-state index contributed by atoms with van der Waals surface area (Å²) in [6, 6.07) is 0. The maximum Gasteiger partial charge on any atom is 0.129 e. The van der Waals surface area contributed by atoms with Crippen LogP contribution in [-0.4, -0.2) is 33.9 Å². The molecule has 0 aliphatic rings. The summed E-state index contributed by atoms with van der Waals surface area (Å²) < 4.78 is 10.8. The van der Waals surface area contributed by atoms with Crippen LogP contribution < -0.4 is 0 Å². The summed E-state index contributed by atoms with van der Waals surface area (Å²) >= 11 is 1.07. The zero-order valence-electron chi connectivity index (χ0n) is 8.54. The van der Waals surface area contributed by atoms with Gasteiger partial charge in [0, 0.05) is 18.1 Å². The molecule has 2 nitrogen and oxygen atoms in total. The van der Waals surface area contributed by atoms with Crippen LogP contribution in [0.5, 0.6) is 0 Å². The van der Waals surface area contributed by atoms with E-state index >= 15 is 0 Å². The van der Waals surface area contributed by atoms with Crippen LogP contribution in [0.1, 0.15) is 26.2 Å². The van der Waals surface area contributed by atoms with Crippen molar-refractivity contribution in [3.8, 4) is 0 Å². The highest BCUT2D eigenvalue weighted by molar-refractivity contribution is 7.99. The summed E-state index contributed by atoms with van der Waals surface area (Å²) in [6.07, 6.45) is 6.30. The third-order valence-electron chi connectivity index (χ3n) is 1.88. The molecule has 0 saturated carbocycles. The summed E-state index contributed by atoms with van der Waals surface area (Å²) in [4.78, 5) is 10.7. The van der Waals surface area contributed by atoms with Crippen molar-refractivity contribution < 1.29 is 9.35 Å². The second-order valence-corrected chi connectivity index (χ2v) is 5.86. The number of carbonyl (C=O) groups is 1. The standard InChI is InChI=1S/C9H18O2S2/c1-8(10)4-5-9(12-2)6-7-13(3)11/h9H,4-7H2,1-3H3. The second-order valence-electron chi connectivity index (χ2n) is 3.16. The van der Waals surface area contributed by atoms with Gasteiger partial charge < -0.3 is 9.35 Å². The Morgan fingerprint density at radius 2 is 2.15 bits per heavy atom. The first-order valence-corrected chi connectivity index (χ1v) is 7.40. The molecule has 0 aliphatic carbocycles. The van der Waals surface area contributed by atoms with Crippen molar-refractivity contribution in [3.63, 3.8) is 0 Å². The van der Waals surface area contributed by atoms with Gasteiger partial charge in [0.15, 0.2) is 0 Å². The molecule has 0 saturated heterocycles. The Hall–Kier alpha value is 0.330. The van der Waals surface area contributed by atoms with E-state index in [0.717, 1.165) is 18.6 Å². The number of Topliss-reactive ketones (excluding diaryl/α,β-unsaturated/α-hetero) is 1. The molecule has 78 valence electrons. The van der Waals surface area contributed by atoms with Gasteiger partial charge in [-0.05, 0) is 19.6 Å². The molecule has 2 atom stereocenters. The van der Waals surface area contributed by atoms with E-state index in [4.69, 9.17) is 0 Å². The summed E-state index contributed by atoms with van der Waals surface area (Å²) in [5, 5.41) is 0.493. The van der Waals surface area contributed by atoms with Crippen LogP contribution in [-0.2, 0) is 16.0 Å². The van der Waals surface area contributed by atoms with E-state index in [1.165, 1.54) is 0 Å². The van der Waals surface area contributed by atoms with Crippen LogP contribution in [0.15, 0.2) is 0 Å². The highest BCUT2D eigenvalue weighted by atomic mass is 32.2. The topological polar surface area (TPSA) is 40.1 Å². The number of thioether (sulfide) groups is 1. The maximum atomic E-state index is 10.8. The van der Waals surface area contributed by atoms with Crippen LogP contribution in [0, 0.1) is 0 Å². The lowest BCUT2D eigenvalue weighted by molar-refractivity contribution is -0.117. The van der Waals surface area contributed by atoms with Gasteiger partial charge >= 0.3 is 0 Å². The van der Waals surface area contributed by atoms with Crippen molar-refractivity contribution >= 4 is 28.7 Å². The number of rotatable bonds is 7. The highest BCUT2D eigenvalue weighted by Gasteiger charge is 2.10. The first-order valence-electron chi connectivity index (χ1n) is 4.38. The number of carbonyl (C=O) groups excluding carboxylic acids is 1. The Morgan fingerprint density at radius 3 is 2.54 bits per heavy atom. The highest BCUT2D eigenvalue weighted by Crippen LogP contribution is 2.17. The number of hydrogen-bond donors (Lipinski definition) is 0. The van der Waals surface area contributed by atoms with Gasteiger partial charge in [-0.1, -0.05) is 11.2 Å². The van der Waals surface area contributed by atoms with Gasteiger partial charge in [0.25, 0.3) is 0 Å². The summed E-state index contributed by atoms with van der Waals surface area (Å²) in [7, 11) is 0. The Morgan fingerprint density at radius 1 is 1.54 bits per heavy atom. The molecule has 0 aromatic carbocycles. The minimum Gasteiger partial charge on any atom is -0.617 e. The fourth-order valence-corrected chi connectivity index (χ4v) is 2.51. The fourth-order valence-electron chi connectivity index (χ4n) is 1.04. The van der Waals surface area contributed by atoms with Crippen molar-refractivity contribution in [2.75, 3.05) is 18.3 Å². The van der Waals surface area contributed by atoms with Gasteiger partial charge in [-0.25, -0.2) is 0 Å². The van der Waals surface area contributed by atoms with Gasteiger partial charge in [0.2, 0.25) is 0 Å². The van der Waals surface area contributed by atoms with Gasteiger partial charge in [-0.3, -0.25) is 0 Å². The zero-order chi connectivity index (χ0) is 10.3. The molecule has 0 bridgehead atoms. The van der Waals surface area contributed by atoms with Crippen molar-refractivity contribution in [3.05, 3.63) is 0 Å². The lowest BCUT2D eigenvalue weighted by Gasteiger charge is -2.13. The monoisotopic (exact) mass is 222 g/mol. The minimum atomic E-state index is -0.700. The van der Waals surface area contributed by atoms with Crippen molar-refractivity contribution in [2.45, 2.75) is 31.4 Å². The molecule has 0 fully saturated rings. The smallest absolute Gasteiger partial charge is 0.129 e. The molecule has 0 radical (unpaired) electrons. The third kappa shape index (κ3) is 8.65.